The maximum Gasteiger partial charge on any atom is 0.344 e. The van der Waals surface area contributed by atoms with Crippen LogP contribution >= 0.6 is 11.6 Å². The fourth-order valence-corrected chi connectivity index (χ4v) is 3.46. The molecular weight excluding hydrogens is 426 g/mol. The highest BCUT2D eigenvalue weighted by Crippen LogP contribution is 2.31. The van der Waals surface area contributed by atoms with Crippen LogP contribution in [-0.2, 0) is 14.3 Å². The third-order valence-corrected chi connectivity index (χ3v) is 5.02. The third-order valence-electron chi connectivity index (χ3n) is 4.69. The molecule has 1 aromatic heterocycles. The van der Waals surface area contributed by atoms with Crippen molar-refractivity contribution in [1.29, 1.82) is 0 Å². The zero-order valence-corrected chi connectivity index (χ0v) is 18.0. The Balaban J connectivity index is 1.89. The van der Waals surface area contributed by atoms with Crippen LogP contribution in [0, 0.1) is 6.92 Å². The summed E-state index contributed by atoms with van der Waals surface area (Å²) in [5.41, 5.74) is 1.24. The fraction of sp³-hybridized carbons (Fsp3) is 0.333. The molecule has 164 valence electrons. The lowest BCUT2D eigenvalue weighted by molar-refractivity contribution is -0.139. The van der Waals surface area contributed by atoms with Crippen molar-refractivity contribution in [1.82, 2.24) is 15.8 Å². The molecule has 1 aromatic carbocycles. The lowest BCUT2D eigenvalue weighted by atomic mass is 10.0. The van der Waals surface area contributed by atoms with E-state index in [9.17, 15) is 14.4 Å². The molecule has 2 N–H and O–H groups in total. The molecule has 2 amide bonds. The van der Waals surface area contributed by atoms with E-state index in [1.54, 1.807) is 38.1 Å². The number of aryl methyl sites for hydroxylation is 1. The topological polar surface area (TPSA) is 120 Å². The van der Waals surface area contributed by atoms with E-state index in [0.29, 0.717) is 17.0 Å². The van der Waals surface area contributed by atoms with Gasteiger partial charge in [0, 0.05) is 5.56 Å². The van der Waals surface area contributed by atoms with Gasteiger partial charge in [-0.15, -0.1) is 0 Å². The molecule has 0 unspecified atom stereocenters. The Labute approximate surface area is 183 Å². The van der Waals surface area contributed by atoms with Gasteiger partial charge in [-0.2, -0.15) is 0 Å². The van der Waals surface area contributed by atoms with E-state index in [1.165, 1.54) is 0 Å². The molecule has 0 saturated carbocycles. The largest absolute Gasteiger partial charge is 0.463 e. The van der Waals surface area contributed by atoms with Gasteiger partial charge in [0.15, 0.2) is 0 Å². The summed E-state index contributed by atoms with van der Waals surface area (Å²) in [7, 11) is 0. The molecule has 3 rings (SSSR count). The van der Waals surface area contributed by atoms with Crippen molar-refractivity contribution < 1.29 is 28.4 Å². The first kappa shape index (κ1) is 22.4. The van der Waals surface area contributed by atoms with Crippen molar-refractivity contribution in [3.63, 3.8) is 0 Å². The number of ether oxygens (including phenoxy) is 2. The van der Waals surface area contributed by atoms with Crippen molar-refractivity contribution in [3.05, 3.63) is 51.9 Å². The smallest absolute Gasteiger partial charge is 0.344 e. The van der Waals surface area contributed by atoms with Crippen LogP contribution in [0.1, 0.15) is 36.4 Å². The molecule has 0 spiro atoms. The number of carbonyl (C=O) groups excluding carboxylic acids is 3. The number of nitrogens with zero attached hydrogens (tertiary/aromatic N) is 1. The Bertz CT molecular complexity index is 1050. The number of esters is 2. The molecule has 0 saturated heterocycles. The number of hydrogen-bond acceptors (Lipinski definition) is 7. The van der Waals surface area contributed by atoms with Gasteiger partial charge in [0.05, 0.1) is 28.9 Å². The number of rotatable bonds is 7. The Morgan fingerprint density at radius 2 is 1.94 bits per heavy atom. The van der Waals surface area contributed by atoms with Gasteiger partial charge in [0.2, 0.25) is 0 Å². The average molecular weight is 448 g/mol. The standard InChI is InChI=1S/C21H22ClN3O6/c1-4-14-17(20(27)29-5-2)15(24-21(28)23-14)10-30-19(26)16-11(3)31-25-18(16)12-8-6-7-9-13(12)22/h6-9,14H,4-5,10H2,1-3H3,(H2,23,24,28)/t14-/m1/s1. The van der Waals surface area contributed by atoms with Crippen LogP contribution in [0.2, 0.25) is 5.02 Å². The zero-order valence-electron chi connectivity index (χ0n) is 17.3. The van der Waals surface area contributed by atoms with Crippen LogP contribution in [0.4, 0.5) is 4.79 Å². The molecular formula is C21H22ClN3O6. The van der Waals surface area contributed by atoms with Crippen LogP contribution < -0.4 is 10.6 Å². The Hall–Kier alpha value is -3.33. The first-order chi connectivity index (χ1) is 14.9. The third kappa shape index (κ3) is 4.72. The summed E-state index contributed by atoms with van der Waals surface area (Å²) in [5.74, 6) is -1.07. The summed E-state index contributed by atoms with van der Waals surface area (Å²) >= 11 is 6.23. The van der Waals surface area contributed by atoms with Gasteiger partial charge >= 0.3 is 18.0 Å². The highest BCUT2D eigenvalue weighted by Gasteiger charge is 2.32. The maximum absolute atomic E-state index is 12.9. The summed E-state index contributed by atoms with van der Waals surface area (Å²) in [6.45, 7) is 4.89. The van der Waals surface area contributed by atoms with Crippen molar-refractivity contribution >= 4 is 29.6 Å². The summed E-state index contributed by atoms with van der Waals surface area (Å²) in [5, 5.41) is 9.53. The van der Waals surface area contributed by atoms with Crippen molar-refractivity contribution in [2.45, 2.75) is 33.2 Å². The minimum Gasteiger partial charge on any atom is -0.463 e. The summed E-state index contributed by atoms with van der Waals surface area (Å²) in [6, 6.07) is 5.83. The van der Waals surface area contributed by atoms with E-state index >= 15 is 0 Å². The van der Waals surface area contributed by atoms with Gasteiger partial charge in [-0.05, 0) is 26.3 Å². The van der Waals surface area contributed by atoms with Crippen molar-refractivity contribution in [2.75, 3.05) is 13.2 Å². The highest BCUT2D eigenvalue weighted by atomic mass is 35.5. The predicted molar refractivity (Wildman–Crippen MR) is 111 cm³/mol. The number of carbonyl (C=O) groups is 3. The minimum absolute atomic E-state index is 0.110. The van der Waals surface area contributed by atoms with Gasteiger partial charge in [-0.25, -0.2) is 14.4 Å². The number of benzene rings is 1. The maximum atomic E-state index is 12.9. The molecule has 0 fully saturated rings. The van der Waals surface area contributed by atoms with E-state index in [4.69, 9.17) is 25.6 Å². The van der Waals surface area contributed by atoms with E-state index in [-0.39, 0.29) is 41.5 Å². The fourth-order valence-electron chi connectivity index (χ4n) is 3.24. The first-order valence-corrected chi connectivity index (χ1v) is 10.1. The van der Waals surface area contributed by atoms with E-state index in [2.05, 4.69) is 15.8 Å². The van der Waals surface area contributed by atoms with E-state index < -0.39 is 24.0 Å². The molecule has 9 nitrogen and oxygen atoms in total. The number of amides is 2. The molecule has 0 radical (unpaired) electrons. The first-order valence-electron chi connectivity index (χ1n) is 9.73. The normalized spacial score (nSPS) is 15.9. The molecule has 1 aliphatic rings. The zero-order chi connectivity index (χ0) is 22.5. The number of nitrogens with one attached hydrogen (secondary N) is 2. The SMILES string of the molecule is CCOC(=O)C1=C(COC(=O)c2c(-c3ccccc3Cl)noc2C)NC(=O)N[C@@H]1CC. The Kier molecular flexibility index (Phi) is 6.96. The lowest BCUT2D eigenvalue weighted by Gasteiger charge is -2.28. The predicted octanol–water partition coefficient (Wildman–Crippen LogP) is 3.37. The quantitative estimate of drug-likeness (QED) is 0.624. The average Bonchev–Trinajstić information content (AvgIpc) is 3.13. The molecule has 1 aliphatic heterocycles. The molecule has 0 aliphatic carbocycles. The van der Waals surface area contributed by atoms with Gasteiger partial charge < -0.3 is 24.6 Å². The number of halogens is 1. The molecule has 2 aromatic rings. The van der Waals surface area contributed by atoms with Crippen molar-refractivity contribution in [3.8, 4) is 11.3 Å². The number of urea groups is 1. The minimum atomic E-state index is -0.731. The summed E-state index contributed by atoms with van der Waals surface area (Å²) in [6.07, 6.45) is 0.459. The molecule has 2 heterocycles. The van der Waals surface area contributed by atoms with Crippen LogP contribution in [0.3, 0.4) is 0 Å². The second-order valence-corrected chi connectivity index (χ2v) is 7.10. The Morgan fingerprint density at radius 1 is 1.19 bits per heavy atom. The van der Waals surface area contributed by atoms with Gasteiger partial charge in [-0.3, -0.25) is 0 Å². The summed E-state index contributed by atoms with van der Waals surface area (Å²) in [4.78, 5) is 37.3. The molecule has 0 bridgehead atoms. The second-order valence-electron chi connectivity index (χ2n) is 6.69. The summed E-state index contributed by atoms with van der Waals surface area (Å²) < 4.78 is 15.7. The molecule has 1 atom stereocenters. The van der Waals surface area contributed by atoms with E-state index in [0.717, 1.165) is 0 Å². The monoisotopic (exact) mass is 447 g/mol. The Morgan fingerprint density at radius 3 is 2.61 bits per heavy atom. The van der Waals surface area contributed by atoms with E-state index in [1.807, 2.05) is 6.92 Å². The van der Waals surface area contributed by atoms with Gasteiger partial charge in [0.1, 0.15) is 23.6 Å². The van der Waals surface area contributed by atoms with Gasteiger partial charge in [-0.1, -0.05) is 41.9 Å². The van der Waals surface area contributed by atoms with Crippen molar-refractivity contribution in [2.24, 2.45) is 0 Å². The molecule has 31 heavy (non-hydrogen) atoms. The molecule has 10 heteroatoms. The number of hydrogen-bond donors (Lipinski definition) is 2. The second kappa shape index (κ2) is 9.65. The van der Waals surface area contributed by atoms with Crippen LogP contribution in [0.15, 0.2) is 40.1 Å². The van der Waals surface area contributed by atoms with Crippen LogP contribution in [0.25, 0.3) is 11.3 Å². The highest BCUT2D eigenvalue weighted by molar-refractivity contribution is 6.33. The van der Waals surface area contributed by atoms with Gasteiger partial charge in [0.25, 0.3) is 0 Å². The van der Waals surface area contributed by atoms with Crippen LogP contribution in [0.5, 0.6) is 0 Å². The van der Waals surface area contributed by atoms with Crippen LogP contribution in [-0.4, -0.2) is 42.4 Å². The lowest BCUT2D eigenvalue weighted by Crippen LogP contribution is -2.51. The number of aromatic nitrogens is 1.